The Bertz CT molecular complexity index is 844. The number of benzene rings is 1. The first-order valence-corrected chi connectivity index (χ1v) is 10.2. The highest BCUT2D eigenvalue weighted by Gasteiger charge is 2.34. The van der Waals surface area contributed by atoms with Crippen molar-refractivity contribution in [2.24, 2.45) is 7.05 Å². The van der Waals surface area contributed by atoms with E-state index < -0.39 is 10.0 Å². The predicted octanol–water partition coefficient (Wildman–Crippen LogP) is 0.441. The Hall–Kier alpha value is -2.01. The Kier molecular flexibility index (Phi) is 6.10. The highest BCUT2D eigenvalue weighted by Crippen LogP contribution is 2.21. The van der Waals surface area contributed by atoms with Gasteiger partial charge < -0.3 is 14.8 Å². The van der Waals surface area contributed by atoms with Crippen LogP contribution in [0.1, 0.15) is 18.7 Å². The van der Waals surface area contributed by atoms with Crippen molar-refractivity contribution in [1.29, 1.82) is 0 Å². The lowest BCUT2D eigenvalue weighted by atomic mass is 9.99. The van der Waals surface area contributed by atoms with Gasteiger partial charge in [0, 0.05) is 20.7 Å². The molecule has 1 aliphatic rings. The summed E-state index contributed by atoms with van der Waals surface area (Å²) >= 11 is 0. The van der Waals surface area contributed by atoms with Gasteiger partial charge >= 0.3 is 0 Å². The highest BCUT2D eigenvalue weighted by atomic mass is 32.2. The number of hydrogen-bond acceptors (Lipinski definition) is 7. The quantitative estimate of drug-likeness (QED) is 0.634. The van der Waals surface area contributed by atoms with Gasteiger partial charge in [-0.15, -0.1) is 0 Å². The molecule has 9 nitrogen and oxygen atoms in total. The lowest BCUT2D eigenvalue weighted by Crippen LogP contribution is -2.52. The molecule has 1 aromatic carbocycles. The summed E-state index contributed by atoms with van der Waals surface area (Å²) in [5.41, 5.74) is -0.346. The molecule has 0 amide bonds. The third-order valence-electron chi connectivity index (χ3n) is 4.66. The van der Waals surface area contributed by atoms with Crippen molar-refractivity contribution in [3.8, 4) is 5.75 Å². The molecule has 148 valence electrons. The lowest BCUT2D eigenvalue weighted by Gasteiger charge is -2.28. The summed E-state index contributed by atoms with van der Waals surface area (Å²) < 4.78 is 40.4. The summed E-state index contributed by atoms with van der Waals surface area (Å²) in [4.78, 5) is 4.27. The van der Waals surface area contributed by atoms with Crippen molar-refractivity contribution in [1.82, 2.24) is 24.8 Å². The molecule has 1 aromatic heterocycles. The third-order valence-corrected chi connectivity index (χ3v) is 6.08. The average molecular weight is 395 g/mol. The van der Waals surface area contributed by atoms with E-state index in [0.717, 1.165) is 19.4 Å². The molecule has 1 unspecified atom stereocenters. The molecule has 1 fully saturated rings. The summed E-state index contributed by atoms with van der Waals surface area (Å²) in [6.07, 6.45) is 3.33. The van der Waals surface area contributed by atoms with E-state index in [1.165, 1.54) is 18.5 Å². The van der Waals surface area contributed by atoms with Gasteiger partial charge in [-0.25, -0.2) is 18.1 Å². The molecular weight excluding hydrogens is 370 g/mol. The first kappa shape index (κ1) is 19.7. The van der Waals surface area contributed by atoms with Gasteiger partial charge in [0.25, 0.3) is 0 Å². The van der Waals surface area contributed by atoms with Crippen LogP contribution in [0.3, 0.4) is 0 Å². The SMILES string of the molecule is COCC1(CNS(=O)(=O)c2ccc(OCc3ncnn3C)cc2)CCCN1. The molecule has 0 bridgehead atoms. The Morgan fingerprint density at radius 1 is 1.33 bits per heavy atom. The molecule has 0 spiro atoms. The summed E-state index contributed by atoms with van der Waals surface area (Å²) in [6.45, 7) is 1.87. The molecule has 0 radical (unpaired) electrons. The molecule has 3 rings (SSSR count). The maximum atomic E-state index is 12.6. The van der Waals surface area contributed by atoms with Crippen LogP contribution in [0.4, 0.5) is 0 Å². The molecule has 1 atom stereocenters. The maximum absolute atomic E-state index is 12.6. The van der Waals surface area contributed by atoms with Gasteiger partial charge in [0.2, 0.25) is 10.0 Å². The summed E-state index contributed by atoms with van der Waals surface area (Å²) in [6, 6.07) is 6.31. The first-order valence-electron chi connectivity index (χ1n) is 8.73. The second kappa shape index (κ2) is 8.34. The molecule has 2 heterocycles. The number of rotatable bonds is 9. The Balaban J connectivity index is 1.60. The van der Waals surface area contributed by atoms with E-state index in [9.17, 15) is 8.42 Å². The fourth-order valence-electron chi connectivity index (χ4n) is 3.10. The van der Waals surface area contributed by atoms with Crippen LogP contribution in [-0.2, 0) is 28.4 Å². The number of hydrogen-bond donors (Lipinski definition) is 2. The molecule has 2 aromatic rings. The van der Waals surface area contributed by atoms with Crippen molar-refractivity contribution in [3.63, 3.8) is 0 Å². The average Bonchev–Trinajstić information content (AvgIpc) is 3.29. The van der Waals surface area contributed by atoms with Gasteiger partial charge in [0.15, 0.2) is 5.82 Å². The molecule has 1 saturated heterocycles. The van der Waals surface area contributed by atoms with Gasteiger partial charge in [-0.3, -0.25) is 4.68 Å². The van der Waals surface area contributed by atoms with Gasteiger partial charge in [-0.1, -0.05) is 0 Å². The molecule has 1 aliphatic heterocycles. The van der Waals surface area contributed by atoms with Crippen LogP contribution in [-0.4, -0.2) is 55.5 Å². The third kappa shape index (κ3) is 4.83. The van der Waals surface area contributed by atoms with Gasteiger partial charge in [0.1, 0.15) is 18.7 Å². The van der Waals surface area contributed by atoms with Crippen LogP contribution in [0.15, 0.2) is 35.5 Å². The second-order valence-electron chi connectivity index (χ2n) is 6.63. The van der Waals surface area contributed by atoms with Crippen LogP contribution in [0.5, 0.6) is 5.75 Å². The number of sulfonamides is 1. The summed E-state index contributed by atoms with van der Waals surface area (Å²) in [5, 5.41) is 7.32. The van der Waals surface area contributed by atoms with Crippen molar-refractivity contribution in [2.45, 2.75) is 29.9 Å². The second-order valence-corrected chi connectivity index (χ2v) is 8.40. The standard InChI is InChI=1S/C17H25N5O4S/c1-22-16(18-13-20-22)10-26-14-4-6-15(7-5-14)27(23,24)21-11-17(12-25-2)8-3-9-19-17/h4-7,13,19,21H,3,8-12H2,1-2H3. The van der Waals surface area contributed by atoms with E-state index >= 15 is 0 Å². The van der Waals surface area contributed by atoms with Crippen LogP contribution in [0.2, 0.25) is 0 Å². The highest BCUT2D eigenvalue weighted by molar-refractivity contribution is 7.89. The fourth-order valence-corrected chi connectivity index (χ4v) is 4.23. The smallest absolute Gasteiger partial charge is 0.240 e. The Morgan fingerprint density at radius 3 is 2.70 bits per heavy atom. The zero-order chi connectivity index (χ0) is 19.3. The number of ether oxygens (including phenoxy) is 2. The van der Waals surface area contributed by atoms with Crippen molar-refractivity contribution in [3.05, 3.63) is 36.4 Å². The van der Waals surface area contributed by atoms with E-state index in [-0.39, 0.29) is 23.6 Å². The van der Waals surface area contributed by atoms with E-state index in [4.69, 9.17) is 9.47 Å². The minimum absolute atomic E-state index is 0.194. The maximum Gasteiger partial charge on any atom is 0.240 e. The molecular formula is C17H25N5O4S. The summed E-state index contributed by atoms with van der Waals surface area (Å²) in [7, 11) is -0.212. The Morgan fingerprint density at radius 2 is 2.11 bits per heavy atom. The van der Waals surface area contributed by atoms with Crippen molar-refractivity contribution >= 4 is 10.0 Å². The van der Waals surface area contributed by atoms with Gasteiger partial charge in [0.05, 0.1) is 17.0 Å². The number of nitrogens with one attached hydrogen (secondary N) is 2. The largest absolute Gasteiger partial charge is 0.486 e. The Labute approximate surface area is 159 Å². The van der Waals surface area contributed by atoms with E-state index in [1.807, 2.05) is 0 Å². The molecule has 2 N–H and O–H groups in total. The van der Waals surface area contributed by atoms with E-state index in [1.54, 1.807) is 31.0 Å². The van der Waals surface area contributed by atoms with Crippen LogP contribution in [0.25, 0.3) is 0 Å². The van der Waals surface area contributed by atoms with Gasteiger partial charge in [-0.2, -0.15) is 5.10 Å². The molecule has 27 heavy (non-hydrogen) atoms. The summed E-state index contributed by atoms with van der Waals surface area (Å²) in [5.74, 6) is 1.24. The normalized spacial score (nSPS) is 20.1. The predicted molar refractivity (Wildman–Crippen MR) is 98.8 cm³/mol. The lowest BCUT2D eigenvalue weighted by molar-refractivity contribution is 0.122. The van der Waals surface area contributed by atoms with Crippen LogP contribution >= 0.6 is 0 Å². The zero-order valence-electron chi connectivity index (χ0n) is 15.5. The number of methoxy groups -OCH3 is 1. The van der Waals surface area contributed by atoms with E-state index in [2.05, 4.69) is 20.1 Å². The first-order chi connectivity index (χ1) is 12.9. The van der Waals surface area contributed by atoms with Crippen LogP contribution < -0.4 is 14.8 Å². The topological polar surface area (TPSA) is 107 Å². The monoisotopic (exact) mass is 395 g/mol. The minimum atomic E-state index is -3.61. The van der Waals surface area contributed by atoms with Crippen molar-refractivity contribution < 1.29 is 17.9 Å². The number of nitrogens with zero attached hydrogens (tertiary/aromatic N) is 3. The zero-order valence-corrected chi connectivity index (χ0v) is 16.3. The fraction of sp³-hybridized carbons (Fsp3) is 0.529. The molecule has 0 aliphatic carbocycles. The minimum Gasteiger partial charge on any atom is -0.486 e. The molecule has 10 heteroatoms. The van der Waals surface area contributed by atoms with Crippen molar-refractivity contribution in [2.75, 3.05) is 26.8 Å². The van der Waals surface area contributed by atoms with Gasteiger partial charge in [-0.05, 0) is 43.7 Å². The van der Waals surface area contributed by atoms with E-state index in [0.29, 0.717) is 18.2 Å². The molecule has 0 saturated carbocycles. The number of aryl methyl sites for hydroxylation is 1. The van der Waals surface area contributed by atoms with Crippen LogP contribution in [0, 0.1) is 0 Å². The number of aromatic nitrogens is 3.